The van der Waals surface area contributed by atoms with Gasteiger partial charge in [-0.15, -0.1) is 0 Å². The van der Waals surface area contributed by atoms with E-state index >= 15 is 0 Å². The summed E-state index contributed by atoms with van der Waals surface area (Å²) >= 11 is 5.67. The Morgan fingerprint density at radius 2 is 1.87 bits per heavy atom. The fraction of sp³-hybridized carbons (Fsp3) is 0.200. The summed E-state index contributed by atoms with van der Waals surface area (Å²) in [7, 11) is 0. The lowest BCUT2D eigenvalue weighted by molar-refractivity contribution is -0.147. The van der Waals surface area contributed by atoms with E-state index in [4.69, 9.17) is 17.3 Å². The van der Waals surface area contributed by atoms with Gasteiger partial charge >= 0.3 is 5.97 Å². The molecule has 1 aromatic rings. The molecule has 0 fully saturated rings. The molecular weight excluding hydrogens is 218 g/mol. The number of halogens is 1. The molecule has 5 heteroatoms. The minimum atomic E-state index is -0.667. The van der Waals surface area contributed by atoms with Gasteiger partial charge in [0.25, 0.3) is 5.91 Å². The van der Waals surface area contributed by atoms with Crippen LogP contribution in [0.5, 0.6) is 0 Å². The van der Waals surface area contributed by atoms with Gasteiger partial charge in [-0.2, -0.15) is 0 Å². The Kier molecular flexibility index (Phi) is 4.12. The van der Waals surface area contributed by atoms with Crippen molar-refractivity contribution in [2.45, 2.75) is 6.42 Å². The molecular formula is C10H10ClNO3. The molecule has 15 heavy (non-hydrogen) atoms. The zero-order valence-electron chi connectivity index (χ0n) is 7.90. The van der Waals surface area contributed by atoms with Gasteiger partial charge in [-0.1, -0.05) is 23.7 Å². The molecule has 0 aliphatic heterocycles. The second-order valence-electron chi connectivity index (χ2n) is 2.93. The number of esters is 1. The number of hydrogen-bond acceptors (Lipinski definition) is 3. The Bertz CT molecular complexity index is 361. The zero-order valence-corrected chi connectivity index (χ0v) is 8.66. The zero-order chi connectivity index (χ0) is 11.3. The van der Waals surface area contributed by atoms with Crippen molar-refractivity contribution in [3.05, 3.63) is 34.9 Å². The number of nitrogens with two attached hydrogens (primary N) is 1. The summed E-state index contributed by atoms with van der Waals surface area (Å²) in [5, 5.41) is 0.601. The van der Waals surface area contributed by atoms with Crippen LogP contribution < -0.4 is 5.73 Å². The number of carbonyl (C=O) groups is 2. The largest absolute Gasteiger partial charge is 0.455 e. The molecule has 0 aromatic heterocycles. The minimum absolute atomic E-state index is 0.102. The topological polar surface area (TPSA) is 69.4 Å². The summed E-state index contributed by atoms with van der Waals surface area (Å²) < 4.78 is 4.59. The van der Waals surface area contributed by atoms with E-state index in [0.29, 0.717) is 5.02 Å². The van der Waals surface area contributed by atoms with Crippen molar-refractivity contribution in [3.8, 4) is 0 Å². The van der Waals surface area contributed by atoms with Gasteiger partial charge in [0.05, 0.1) is 6.42 Å². The average molecular weight is 228 g/mol. The quantitative estimate of drug-likeness (QED) is 0.778. The number of hydrogen-bond donors (Lipinski definition) is 1. The highest BCUT2D eigenvalue weighted by molar-refractivity contribution is 6.30. The van der Waals surface area contributed by atoms with E-state index in [1.165, 1.54) is 0 Å². The maximum absolute atomic E-state index is 11.1. The highest BCUT2D eigenvalue weighted by Gasteiger charge is 2.06. The molecule has 1 aromatic carbocycles. The molecule has 0 saturated carbocycles. The number of primary amides is 1. The van der Waals surface area contributed by atoms with E-state index in [1.54, 1.807) is 24.3 Å². The van der Waals surface area contributed by atoms with E-state index in [-0.39, 0.29) is 13.0 Å². The van der Waals surface area contributed by atoms with Crippen molar-refractivity contribution in [2.75, 3.05) is 6.61 Å². The molecule has 0 atom stereocenters. The van der Waals surface area contributed by atoms with Gasteiger partial charge in [0, 0.05) is 5.02 Å². The molecule has 0 aliphatic rings. The van der Waals surface area contributed by atoms with Gasteiger partial charge in [-0.05, 0) is 17.7 Å². The lowest BCUT2D eigenvalue weighted by Crippen LogP contribution is -2.21. The van der Waals surface area contributed by atoms with E-state index in [0.717, 1.165) is 5.56 Å². The second kappa shape index (κ2) is 5.36. The van der Waals surface area contributed by atoms with Crippen molar-refractivity contribution < 1.29 is 14.3 Å². The van der Waals surface area contributed by atoms with Gasteiger partial charge < -0.3 is 10.5 Å². The molecule has 80 valence electrons. The molecule has 0 aliphatic carbocycles. The Labute approximate surface area is 92.0 Å². The van der Waals surface area contributed by atoms with Crippen molar-refractivity contribution in [1.82, 2.24) is 0 Å². The van der Waals surface area contributed by atoms with E-state index in [1.807, 2.05) is 0 Å². The Balaban J connectivity index is 2.44. The standard InChI is InChI=1S/C10H10ClNO3/c11-8-3-1-7(2-4-8)5-10(14)15-6-9(12)13/h1-4H,5-6H2,(H2,12,13). The molecule has 0 spiro atoms. The first-order valence-corrected chi connectivity index (χ1v) is 4.64. The first-order valence-electron chi connectivity index (χ1n) is 4.26. The third-order valence-electron chi connectivity index (χ3n) is 1.64. The number of amides is 1. The van der Waals surface area contributed by atoms with Crippen molar-refractivity contribution >= 4 is 23.5 Å². The van der Waals surface area contributed by atoms with Crippen LogP contribution in [0.2, 0.25) is 5.02 Å². The lowest BCUT2D eigenvalue weighted by Gasteiger charge is -2.02. The molecule has 2 N–H and O–H groups in total. The van der Waals surface area contributed by atoms with Gasteiger partial charge in [0.2, 0.25) is 0 Å². The number of rotatable bonds is 4. The normalized spacial score (nSPS) is 9.67. The third-order valence-corrected chi connectivity index (χ3v) is 1.89. The summed E-state index contributed by atoms with van der Waals surface area (Å²) in [6, 6.07) is 6.79. The molecule has 0 bridgehead atoms. The van der Waals surface area contributed by atoms with Gasteiger partial charge in [-0.3, -0.25) is 9.59 Å². The molecule has 4 nitrogen and oxygen atoms in total. The van der Waals surface area contributed by atoms with Crippen LogP contribution in [0.4, 0.5) is 0 Å². The van der Waals surface area contributed by atoms with E-state index in [2.05, 4.69) is 4.74 Å². The molecule has 0 radical (unpaired) electrons. The number of carbonyl (C=O) groups excluding carboxylic acids is 2. The fourth-order valence-electron chi connectivity index (χ4n) is 0.972. The van der Waals surface area contributed by atoms with Gasteiger partial charge in [0.15, 0.2) is 6.61 Å². The highest BCUT2D eigenvalue weighted by Crippen LogP contribution is 2.10. The van der Waals surface area contributed by atoms with E-state index in [9.17, 15) is 9.59 Å². The molecule has 0 heterocycles. The van der Waals surface area contributed by atoms with Crippen molar-refractivity contribution in [2.24, 2.45) is 5.73 Å². The first kappa shape index (κ1) is 11.5. The van der Waals surface area contributed by atoms with E-state index < -0.39 is 11.9 Å². The number of benzene rings is 1. The Hall–Kier alpha value is -1.55. The van der Waals surface area contributed by atoms with Crippen LogP contribution in [0.1, 0.15) is 5.56 Å². The SMILES string of the molecule is NC(=O)COC(=O)Cc1ccc(Cl)cc1. The summed E-state index contributed by atoms with van der Waals surface area (Å²) in [6.07, 6.45) is 0.102. The van der Waals surface area contributed by atoms with Gasteiger partial charge in [-0.25, -0.2) is 0 Å². The Morgan fingerprint density at radius 3 is 2.40 bits per heavy atom. The predicted molar refractivity (Wildman–Crippen MR) is 55.3 cm³/mol. The molecule has 0 saturated heterocycles. The average Bonchev–Trinajstić information content (AvgIpc) is 2.19. The molecule has 0 unspecified atom stereocenters. The lowest BCUT2D eigenvalue weighted by atomic mass is 10.2. The summed E-state index contributed by atoms with van der Waals surface area (Å²) in [5.74, 6) is -1.16. The van der Waals surface area contributed by atoms with Crippen LogP contribution in [-0.2, 0) is 20.7 Å². The minimum Gasteiger partial charge on any atom is -0.455 e. The third kappa shape index (κ3) is 4.46. The summed E-state index contributed by atoms with van der Waals surface area (Å²) in [6.45, 7) is -0.383. The maximum Gasteiger partial charge on any atom is 0.310 e. The second-order valence-corrected chi connectivity index (χ2v) is 3.37. The summed E-state index contributed by atoms with van der Waals surface area (Å²) in [4.78, 5) is 21.5. The fourth-order valence-corrected chi connectivity index (χ4v) is 1.10. The monoisotopic (exact) mass is 227 g/mol. The smallest absolute Gasteiger partial charge is 0.310 e. The Morgan fingerprint density at radius 1 is 1.27 bits per heavy atom. The van der Waals surface area contributed by atoms with Crippen LogP contribution in [-0.4, -0.2) is 18.5 Å². The maximum atomic E-state index is 11.1. The molecule has 1 rings (SSSR count). The highest BCUT2D eigenvalue weighted by atomic mass is 35.5. The molecule has 1 amide bonds. The van der Waals surface area contributed by atoms with Gasteiger partial charge in [0.1, 0.15) is 0 Å². The van der Waals surface area contributed by atoms with Crippen LogP contribution >= 0.6 is 11.6 Å². The summed E-state index contributed by atoms with van der Waals surface area (Å²) in [5.41, 5.74) is 5.59. The van der Waals surface area contributed by atoms with Crippen LogP contribution in [0.25, 0.3) is 0 Å². The number of ether oxygens (including phenoxy) is 1. The van der Waals surface area contributed by atoms with Crippen LogP contribution in [0, 0.1) is 0 Å². The van der Waals surface area contributed by atoms with Crippen molar-refractivity contribution in [1.29, 1.82) is 0 Å². The van der Waals surface area contributed by atoms with Crippen LogP contribution in [0.15, 0.2) is 24.3 Å². The first-order chi connectivity index (χ1) is 7.08. The van der Waals surface area contributed by atoms with Crippen molar-refractivity contribution in [3.63, 3.8) is 0 Å². The predicted octanol–water partition coefficient (Wildman–Crippen LogP) is 0.911. The van der Waals surface area contributed by atoms with Crippen LogP contribution in [0.3, 0.4) is 0 Å².